The van der Waals surface area contributed by atoms with Crippen molar-refractivity contribution in [3.63, 3.8) is 0 Å². The first-order valence-corrected chi connectivity index (χ1v) is 6.37. The number of morpholine rings is 1. The molecule has 3 heteroatoms. The van der Waals surface area contributed by atoms with Crippen molar-refractivity contribution in [2.75, 3.05) is 39.4 Å². The Balaban J connectivity index is 1.94. The van der Waals surface area contributed by atoms with Crippen LogP contribution in [0.3, 0.4) is 0 Å². The van der Waals surface area contributed by atoms with Crippen LogP contribution in [0.2, 0.25) is 0 Å². The Morgan fingerprint density at radius 1 is 1.33 bits per heavy atom. The van der Waals surface area contributed by atoms with Crippen LogP contribution in [0.4, 0.5) is 0 Å². The standard InChI is InChI=1S/C12H26N2O/c1-3-6-13-7-4-5-8-14-9-10-15-11-12(14)2/h12-13H,3-11H2,1-2H3. The number of ether oxygens (including phenoxy) is 1. The van der Waals surface area contributed by atoms with Gasteiger partial charge in [0.05, 0.1) is 13.2 Å². The van der Waals surface area contributed by atoms with Crippen molar-refractivity contribution in [2.24, 2.45) is 0 Å². The summed E-state index contributed by atoms with van der Waals surface area (Å²) in [6, 6.07) is 0.613. The lowest BCUT2D eigenvalue weighted by atomic mass is 10.2. The molecule has 1 N–H and O–H groups in total. The summed E-state index contributed by atoms with van der Waals surface area (Å²) < 4.78 is 5.42. The number of rotatable bonds is 7. The number of nitrogens with one attached hydrogen (secondary N) is 1. The van der Waals surface area contributed by atoms with Crippen molar-refractivity contribution in [3.8, 4) is 0 Å². The molecule has 15 heavy (non-hydrogen) atoms. The number of hydrogen-bond acceptors (Lipinski definition) is 3. The van der Waals surface area contributed by atoms with E-state index in [9.17, 15) is 0 Å². The summed E-state index contributed by atoms with van der Waals surface area (Å²) in [6.07, 6.45) is 3.84. The highest BCUT2D eigenvalue weighted by atomic mass is 16.5. The molecule has 0 aliphatic carbocycles. The molecule has 1 fully saturated rings. The number of hydrogen-bond donors (Lipinski definition) is 1. The molecule has 0 radical (unpaired) electrons. The summed E-state index contributed by atoms with van der Waals surface area (Å²) in [5, 5.41) is 3.44. The summed E-state index contributed by atoms with van der Waals surface area (Å²) in [6.45, 7) is 11.0. The lowest BCUT2D eigenvalue weighted by molar-refractivity contribution is -0.000834. The van der Waals surface area contributed by atoms with Crippen LogP contribution >= 0.6 is 0 Å². The maximum atomic E-state index is 5.42. The molecule has 0 saturated carbocycles. The van der Waals surface area contributed by atoms with Crippen molar-refractivity contribution >= 4 is 0 Å². The minimum atomic E-state index is 0.613. The monoisotopic (exact) mass is 214 g/mol. The van der Waals surface area contributed by atoms with Crippen LogP contribution in [0.5, 0.6) is 0 Å². The summed E-state index contributed by atoms with van der Waals surface area (Å²) in [5.74, 6) is 0. The van der Waals surface area contributed by atoms with Gasteiger partial charge in [0.15, 0.2) is 0 Å². The second kappa shape index (κ2) is 8.08. The van der Waals surface area contributed by atoms with Crippen LogP contribution in [0, 0.1) is 0 Å². The van der Waals surface area contributed by atoms with E-state index in [-0.39, 0.29) is 0 Å². The third-order valence-electron chi connectivity index (χ3n) is 2.98. The largest absolute Gasteiger partial charge is 0.379 e. The van der Waals surface area contributed by atoms with Gasteiger partial charge >= 0.3 is 0 Å². The predicted octanol–water partition coefficient (Wildman–Crippen LogP) is 1.49. The van der Waals surface area contributed by atoms with Gasteiger partial charge in [-0.2, -0.15) is 0 Å². The summed E-state index contributed by atoms with van der Waals surface area (Å²) in [5.41, 5.74) is 0. The SMILES string of the molecule is CCCNCCCCN1CCOCC1C. The van der Waals surface area contributed by atoms with Gasteiger partial charge in [0.25, 0.3) is 0 Å². The first-order valence-electron chi connectivity index (χ1n) is 6.37. The Morgan fingerprint density at radius 3 is 2.93 bits per heavy atom. The molecule has 1 unspecified atom stereocenters. The maximum Gasteiger partial charge on any atom is 0.0619 e. The first-order chi connectivity index (χ1) is 7.34. The third-order valence-corrected chi connectivity index (χ3v) is 2.98. The van der Waals surface area contributed by atoms with E-state index >= 15 is 0 Å². The molecule has 0 bridgehead atoms. The van der Waals surface area contributed by atoms with E-state index in [4.69, 9.17) is 4.74 Å². The van der Waals surface area contributed by atoms with E-state index < -0.39 is 0 Å². The quantitative estimate of drug-likeness (QED) is 0.650. The maximum absolute atomic E-state index is 5.42. The molecule has 1 atom stereocenters. The minimum absolute atomic E-state index is 0.613. The van der Waals surface area contributed by atoms with Crippen LogP contribution in [-0.4, -0.2) is 50.3 Å². The van der Waals surface area contributed by atoms with Crippen molar-refractivity contribution < 1.29 is 4.74 Å². The molecule has 0 amide bonds. The molecule has 1 rings (SSSR count). The fourth-order valence-corrected chi connectivity index (χ4v) is 1.96. The van der Waals surface area contributed by atoms with Gasteiger partial charge in [-0.1, -0.05) is 6.92 Å². The lowest BCUT2D eigenvalue weighted by Crippen LogP contribution is -2.44. The molecule has 0 aromatic carbocycles. The smallest absolute Gasteiger partial charge is 0.0619 e. The number of nitrogens with zero attached hydrogens (tertiary/aromatic N) is 1. The van der Waals surface area contributed by atoms with Crippen molar-refractivity contribution in [2.45, 2.75) is 39.2 Å². The molecule has 1 heterocycles. The van der Waals surface area contributed by atoms with E-state index in [1.54, 1.807) is 0 Å². The van der Waals surface area contributed by atoms with Crippen molar-refractivity contribution in [1.82, 2.24) is 10.2 Å². The highest BCUT2D eigenvalue weighted by Gasteiger charge is 2.17. The fourth-order valence-electron chi connectivity index (χ4n) is 1.96. The Hall–Kier alpha value is -0.120. The van der Waals surface area contributed by atoms with Crippen LogP contribution in [0.25, 0.3) is 0 Å². The fraction of sp³-hybridized carbons (Fsp3) is 1.00. The topological polar surface area (TPSA) is 24.5 Å². The first kappa shape index (κ1) is 12.9. The molecular formula is C12H26N2O. The Morgan fingerprint density at radius 2 is 2.20 bits per heavy atom. The van der Waals surface area contributed by atoms with Gasteiger partial charge in [0, 0.05) is 12.6 Å². The molecule has 0 spiro atoms. The zero-order valence-corrected chi connectivity index (χ0v) is 10.3. The van der Waals surface area contributed by atoms with Gasteiger partial charge in [0.2, 0.25) is 0 Å². The molecule has 90 valence electrons. The van der Waals surface area contributed by atoms with Gasteiger partial charge in [-0.05, 0) is 45.8 Å². The highest BCUT2D eigenvalue weighted by molar-refractivity contribution is 4.70. The van der Waals surface area contributed by atoms with Crippen LogP contribution < -0.4 is 5.32 Å². The van der Waals surface area contributed by atoms with E-state index in [1.807, 2.05) is 0 Å². The molecule has 0 aromatic rings. The molecule has 3 nitrogen and oxygen atoms in total. The van der Waals surface area contributed by atoms with Crippen LogP contribution in [0.15, 0.2) is 0 Å². The van der Waals surface area contributed by atoms with Crippen LogP contribution in [-0.2, 0) is 4.74 Å². The Bertz CT molecular complexity index is 153. The van der Waals surface area contributed by atoms with Crippen LogP contribution in [0.1, 0.15) is 33.1 Å². The Kier molecular flexibility index (Phi) is 6.98. The average Bonchev–Trinajstić information content (AvgIpc) is 2.25. The highest BCUT2D eigenvalue weighted by Crippen LogP contribution is 2.07. The number of unbranched alkanes of at least 4 members (excludes halogenated alkanes) is 1. The predicted molar refractivity (Wildman–Crippen MR) is 64.2 cm³/mol. The zero-order chi connectivity index (χ0) is 10.9. The van der Waals surface area contributed by atoms with E-state index in [0.29, 0.717) is 6.04 Å². The molecule has 0 aromatic heterocycles. The third kappa shape index (κ3) is 5.50. The van der Waals surface area contributed by atoms with Gasteiger partial charge < -0.3 is 10.1 Å². The average molecular weight is 214 g/mol. The van der Waals surface area contributed by atoms with Crippen molar-refractivity contribution in [3.05, 3.63) is 0 Å². The van der Waals surface area contributed by atoms with E-state index in [2.05, 4.69) is 24.1 Å². The second-order valence-electron chi connectivity index (χ2n) is 4.42. The Labute approximate surface area is 94.2 Å². The molecule has 1 aliphatic heterocycles. The molecule has 1 saturated heterocycles. The van der Waals surface area contributed by atoms with E-state index in [1.165, 1.54) is 32.4 Å². The normalized spacial score (nSPS) is 23.2. The second-order valence-corrected chi connectivity index (χ2v) is 4.42. The van der Waals surface area contributed by atoms with Gasteiger partial charge in [-0.15, -0.1) is 0 Å². The summed E-state index contributed by atoms with van der Waals surface area (Å²) in [7, 11) is 0. The molecular weight excluding hydrogens is 188 g/mol. The summed E-state index contributed by atoms with van der Waals surface area (Å²) in [4.78, 5) is 2.54. The van der Waals surface area contributed by atoms with E-state index in [0.717, 1.165) is 26.3 Å². The van der Waals surface area contributed by atoms with Gasteiger partial charge in [-0.25, -0.2) is 0 Å². The molecule has 1 aliphatic rings. The summed E-state index contributed by atoms with van der Waals surface area (Å²) >= 11 is 0. The van der Waals surface area contributed by atoms with Gasteiger partial charge in [0.1, 0.15) is 0 Å². The minimum Gasteiger partial charge on any atom is -0.379 e. The lowest BCUT2D eigenvalue weighted by Gasteiger charge is -2.33. The van der Waals surface area contributed by atoms with Gasteiger partial charge in [-0.3, -0.25) is 4.90 Å². The van der Waals surface area contributed by atoms with Crippen molar-refractivity contribution in [1.29, 1.82) is 0 Å². The zero-order valence-electron chi connectivity index (χ0n) is 10.3.